The Morgan fingerprint density at radius 1 is 1.19 bits per heavy atom. The number of hydrogen-bond donors (Lipinski definition) is 1. The third-order valence-corrected chi connectivity index (χ3v) is 4.07. The molecule has 21 heavy (non-hydrogen) atoms. The molecule has 0 aliphatic heterocycles. The van der Waals surface area contributed by atoms with E-state index in [0.29, 0.717) is 0 Å². The van der Waals surface area contributed by atoms with Gasteiger partial charge in [-0.2, -0.15) is 8.78 Å². The molecule has 1 aliphatic rings. The highest BCUT2D eigenvalue weighted by atomic mass is 19.3. The van der Waals surface area contributed by atoms with E-state index in [1.165, 1.54) is 12.8 Å². The van der Waals surface area contributed by atoms with Crippen molar-refractivity contribution in [2.75, 3.05) is 7.11 Å². The van der Waals surface area contributed by atoms with Crippen LogP contribution in [-0.4, -0.2) is 25.9 Å². The number of para-hydroxylation sites is 1. The molecule has 0 saturated heterocycles. The van der Waals surface area contributed by atoms with Crippen molar-refractivity contribution in [2.45, 2.75) is 57.4 Å². The van der Waals surface area contributed by atoms with Gasteiger partial charge in [0.2, 0.25) is 0 Å². The van der Waals surface area contributed by atoms with Gasteiger partial charge >= 0.3 is 6.61 Å². The molecule has 0 amide bonds. The summed E-state index contributed by atoms with van der Waals surface area (Å²) in [4.78, 5) is 0. The first-order valence-electron chi connectivity index (χ1n) is 7.44. The lowest BCUT2D eigenvalue weighted by atomic mass is 9.91. The summed E-state index contributed by atoms with van der Waals surface area (Å²) in [6.07, 6.45) is 4.61. The zero-order chi connectivity index (χ0) is 15.2. The third-order valence-electron chi connectivity index (χ3n) is 4.07. The van der Waals surface area contributed by atoms with Crippen molar-refractivity contribution in [1.82, 2.24) is 5.32 Å². The fourth-order valence-electron chi connectivity index (χ4n) is 3.02. The summed E-state index contributed by atoms with van der Waals surface area (Å²) in [6.45, 7) is -0.839. The second kappa shape index (κ2) is 7.71. The van der Waals surface area contributed by atoms with Crippen LogP contribution < -0.4 is 10.1 Å². The SMILES string of the molecule is COC1CCCCC1NC(C)c1ccccc1OC(F)F. The minimum absolute atomic E-state index is 0.0688. The summed E-state index contributed by atoms with van der Waals surface area (Å²) in [6, 6.07) is 7.11. The molecule has 0 heterocycles. The quantitative estimate of drug-likeness (QED) is 0.864. The number of rotatable bonds is 6. The van der Waals surface area contributed by atoms with E-state index in [1.807, 2.05) is 19.1 Å². The van der Waals surface area contributed by atoms with Gasteiger partial charge in [-0.3, -0.25) is 0 Å². The zero-order valence-corrected chi connectivity index (χ0v) is 12.5. The maximum atomic E-state index is 12.5. The molecule has 5 heteroatoms. The van der Waals surface area contributed by atoms with Gasteiger partial charge in [0, 0.05) is 24.8 Å². The number of halogens is 2. The van der Waals surface area contributed by atoms with Gasteiger partial charge in [0.05, 0.1) is 6.10 Å². The molecule has 1 aliphatic carbocycles. The Labute approximate surface area is 124 Å². The van der Waals surface area contributed by atoms with Crippen LogP contribution in [-0.2, 0) is 4.74 Å². The first-order valence-corrected chi connectivity index (χ1v) is 7.44. The van der Waals surface area contributed by atoms with Crippen molar-refractivity contribution in [3.63, 3.8) is 0 Å². The predicted molar refractivity (Wildman–Crippen MR) is 77.7 cm³/mol. The van der Waals surface area contributed by atoms with Crippen molar-refractivity contribution in [2.24, 2.45) is 0 Å². The van der Waals surface area contributed by atoms with Gasteiger partial charge in [0.25, 0.3) is 0 Å². The van der Waals surface area contributed by atoms with Crippen molar-refractivity contribution in [3.8, 4) is 5.75 Å². The van der Waals surface area contributed by atoms with Gasteiger partial charge in [-0.25, -0.2) is 0 Å². The van der Waals surface area contributed by atoms with Crippen molar-refractivity contribution in [3.05, 3.63) is 29.8 Å². The van der Waals surface area contributed by atoms with Crippen LogP contribution in [0.1, 0.15) is 44.2 Å². The van der Waals surface area contributed by atoms with E-state index in [-0.39, 0.29) is 23.9 Å². The molecule has 2 rings (SSSR count). The molecule has 0 radical (unpaired) electrons. The van der Waals surface area contributed by atoms with Crippen LogP contribution in [0.25, 0.3) is 0 Å². The van der Waals surface area contributed by atoms with E-state index in [2.05, 4.69) is 10.1 Å². The van der Waals surface area contributed by atoms with E-state index in [0.717, 1.165) is 18.4 Å². The Hall–Kier alpha value is -1.20. The average molecular weight is 299 g/mol. The summed E-state index contributed by atoms with van der Waals surface area (Å²) in [5.74, 6) is 0.234. The molecule has 0 aromatic heterocycles. The van der Waals surface area contributed by atoms with E-state index in [1.54, 1.807) is 19.2 Å². The third kappa shape index (κ3) is 4.38. The highest BCUT2D eigenvalue weighted by molar-refractivity contribution is 5.35. The zero-order valence-electron chi connectivity index (χ0n) is 12.5. The number of ether oxygens (including phenoxy) is 2. The van der Waals surface area contributed by atoms with Crippen LogP contribution in [0.15, 0.2) is 24.3 Å². The summed E-state index contributed by atoms with van der Waals surface area (Å²) in [5, 5.41) is 3.50. The maximum Gasteiger partial charge on any atom is 0.387 e. The second-order valence-corrected chi connectivity index (χ2v) is 5.47. The van der Waals surface area contributed by atoms with Crippen LogP contribution in [0.5, 0.6) is 5.75 Å². The Bertz CT molecular complexity index is 442. The van der Waals surface area contributed by atoms with Gasteiger partial charge < -0.3 is 14.8 Å². The van der Waals surface area contributed by atoms with Crippen molar-refractivity contribution >= 4 is 0 Å². The largest absolute Gasteiger partial charge is 0.434 e. The number of nitrogens with one attached hydrogen (secondary N) is 1. The molecule has 1 aromatic carbocycles. The Kier molecular flexibility index (Phi) is 5.94. The Morgan fingerprint density at radius 2 is 1.90 bits per heavy atom. The lowest BCUT2D eigenvalue weighted by molar-refractivity contribution is -0.0508. The summed E-state index contributed by atoms with van der Waals surface area (Å²) < 4.78 is 35.1. The highest BCUT2D eigenvalue weighted by Gasteiger charge is 2.27. The standard InChI is InChI=1S/C16H23F2NO2/c1-11(19-13-8-4-6-10-15(13)20-2)12-7-3-5-9-14(12)21-16(17)18/h3,5,7,9,11,13,15-16,19H,4,6,8,10H2,1-2H3. The van der Waals surface area contributed by atoms with Crippen LogP contribution in [0.2, 0.25) is 0 Å². The number of hydrogen-bond acceptors (Lipinski definition) is 3. The topological polar surface area (TPSA) is 30.5 Å². The molecule has 3 nitrogen and oxygen atoms in total. The molecule has 1 N–H and O–H groups in total. The lowest BCUT2D eigenvalue weighted by Gasteiger charge is -2.33. The van der Waals surface area contributed by atoms with Gasteiger partial charge in [0.1, 0.15) is 5.75 Å². The lowest BCUT2D eigenvalue weighted by Crippen LogP contribution is -2.44. The molecule has 1 fully saturated rings. The van der Waals surface area contributed by atoms with E-state index < -0.39 is 6.61 Å². The first-order chi connectivity index (χ1) is 10.1. The fourth-order valence-corrected chi connectivity index (χ4v) is 3.02. The van der Waals surface area contributed by atoms with Crippen molar-refractivity contribution < 1.29 is 18.3 Å². The second-order valence-electron chi connectivity index (χ2n) is 5.47. The minimum atomic E-state index is -2.81. The molecule has 118 valence electrons. The molecule has 3 atom stereocenters. The van der Waals surface area contributed by atoms with Gasteiger partial charge in [-0.05, 0) is 25.8 Å². The number of methoxy groups -OCH3 is 1. The predicted octanol–water partition coefficient (Wildman–Crippen LogP) is 3.90. The molecule has 1 saturated carbocycles. The molecular weight excluding hydrogens is 276 g/mol. The molecular formula is C16H23F2NO2. The number of benzene rings is 1. The van der Waals surface area contributed by atoms with Crippen LogP contribution in [0.3, 0.4) is 0 Å². The summed E-state index contributed by atoms with van der Waals surface area (Å²) in [5.41, 5.74) is 0.748. The van der Waals surface area contributed by atoms with Crippen molar-refractivity contribution in [1.29, 1.82) is 0 Å². The minimum Gasteiger partial charge on any atom is -0.434 e. The van der Waals surface area contributed by atoms with Crippen LogP contribution in [0, 0.1) is 0 Å². The molecule has 0 spiro atoms. The average Bonchev–Trinajstić information content (AvgIpc) is 2.47. The summed E-state index contributed by atoms with van der Waals surface area (Å²) in [7, 11) is 1.73. The van der Waals surface area contributed by atoms with E-state index in [4.69, 9.17) is 4.74 Å². The van der Waals surface area contributed by atoms with Gasteiger partial charge in [-0.1, -0.05) is 31.0 Å². The molecule has 3 unspecified atom stereocenters. The van der Waals surface area contributed by atoms with Crippen LogP contribution in [0.4, 0.5) is 8.78 Å². The monoisotopic (exact) mass is 299 g/mol. The molecule has 0 bridgehead atoms. The number of alkyl halides is 2. The maximum absolute atomic E-state index is 12.5. The summed E-state index contributed by atoms with van der Waals surface area (Å²) >= 11 is 0. The van der Waals surface area contributed by atoms with Crippen LogP contribution >= 0.6 is 0 Å². The van der Waals surface area contributed by atoms with E-state index >= 15 is 0 Å². The Morgan fingerprint density at radius 3 is 2.62 bits per heavy atom. The normalized spacial score (nSPS) is 24.0. The highest BCUT2D eigenvalue weighted by Crippen LogP contribution is 2.29. The Balaban J connectivity index is 2.07. The van der Waals surface area contributed by atoms with Gasteiger partial charge in [0.15, 0.2) is 0 Å². The first kappa shape index (κ1) is 16.2. The smallest absolute Gasteiger partial charge is 0.387 e. The van der Waals surface area contributed by atoms with E-state index in [9.17, 15) is 8.78 Å². The molecule has 1 aromatic rings. The van der Waals surface area contributed by atoms with Gasteiger partial charge in [-0.15, -0.1) is 0 Å². The fraction of sp³-hybridized carbons (Fsp3) is 0.625.